The van der Waals surface area contributed by atoms with Crippen LogP contribution in [0.1, 0.15) is 5.56 Å². The van der Waals surface area contributed by atoms with Gasteiger partial charge in [0.05, 0.1) is 11.9 Å². The van der Waals surface area contributed by atoms with Gasteiger partial charge in [-0.15, -0.1) is 0 Å². The Bertz CT molecular complexity index is 911. The minimum absolute atomic E-state index is 0.0834. The summed E-state index contributed by atoms with van der Waals surface area (Å²) in [6.07, 6.45) is 1.36. The molecule has 3 aromatic rings. The molecule has 0 aliphatic rings. The zero-order chi connectivity index (χ0) is 18.2. The Balaban J connectivity index is 1.63. The molecule has 0 bridgehead atoms. The van der Waals surface area contributed by atoms with Gasteiger partial charge in [-0.05, 0) is 36.4 Å². The van der Waals surface area contributed by atoms with Crippen LogP contribution in [0.2, 0.25) is 0 Å². The summed E-state index contributed by atoms with van der Waals surface area (Å²) in [6.45, 7) is 0. The lowest BCUT2D eigenvalue weighted by molar-refractivity contribution is 0.252. The van der Waals surface area contributed by atoms with E-state index >= 15 is 0 Å². The smallest absolute Gasteiger partial charge is 0.339 e. The molecule has 6 heteroatoms. The Morgan fingerprint density at radius 3 is 2.42 bits per heavy atom. The number of para-hydroxylation sites is 4. The van der Waals surface area contributed by atoms with Crippen molar-refractivity contribution >= 4 is 17.9 Å². The first-order valence-electron chi connectivity index (χ1n) is 7.92. The van der Waals surface area contributed by atoms with Crippen LogP contribution >= 0.6 is 0 Å². The highest BCUT2D eigenvalue weighted by Crippen LogP contribution is 2.28. The second-order valence-electron chi connectivity index (χ2n) is 5.29. The van der Waals surface area contributed by atoms with Gasteiger partial charge >= 0.3 is 6.03 Å². The molecule has 0 aliphatic heterocycles. The van der Waals surface area contributed by atoms with Crippen LogP contribution in [-0.4, -0.2) is 17.4 Å². The maximum Gasteiger partial charge on any atom is 0.339 e. The number of ether oxygens (including phenoxy) is 1. The summed E-state index contributed by atoms with van der Waals surface area (Å²) in [6, 6.07) is 22.5. The fourth-order valence-electron chi connectivity index (χ4n) is 2.18. The fourth-order valence-corrected chi connectivity index (χ4v) is 2.18. The topological polar surface area (TPSA) is 83.0 Å². The number of carbonyl (C=O) groups excluding carboxylic acids is 1. The molecule has 0 fully saturated rings. The lowest BCUT2D eigenvalue weighted by Crippen LogP contribution is -2.24. The number of nitrogens with one attached hydrogen (secondary N) is 2. The normalized spacial score (nSPS) is 10.5. The molecule has 0 spiro atoms. The zero-order valence-corrected chi connectivity index (χ0v) is 13.8. The second kappa shape index (κ2) is 8.34. The lowest BCUT2D eigenvalue weighted by atomic mass is 10.2. The number of benzene rings is 3. The Kier molecular flexibility index (Phi) is 5.47. The van der Waals surface area contributed by atoms with Crippen molar-refractivity contribution < 1.29 is 14.6 Å². The molecule has 2 amide bonds. The molecule has 6 nitrogen and oxygen atoms in total. The Labute approximate surface area is 150 Å². The van der Waals surface area contributed by atoms with Gasteiger partial charge in [0.25, 0.3) is 0 Å². The van der Waals surface area contributed by atoms with Crippen molar-refractivity contribution in [1.29, 1.82) is 0 Å². The molecule has 0 heterocycles. The van der Waals surface area contributed by atoms with E-state index in [2.05, 4.69) is 15.8 Å². The van der Waals surface area contributed by atoms with E-state index in [1.165, 1.54) is 6.21 Å². The molecule has 0 unspecified atom stereocenters. The highest BCUT2D eigenvalue weighted by Gasteiger charge is 2.07. The first-order chi connectivity index (χ1) is 12.7. The van der Waals surface area contributed by atoms with E-state index in [4.69, 9.17) is 4.74 Å². The summed E-state index contributed by atoms with van der Waals surface area (Å²) in [7, 11) is 0. The third-order valence-electron chi connectivity index (χ3n) is 3.41. The van der Waals surface area contributed by atoms with Crippen molar-refractivity contribution in [1.82, 2.24) is 5.43 Å². The number of phenols is 1. The van der Waals surface area contributed by atoms with Crippen molar-refractivity contribution in [2.75, 3.05) is 5.32 Å². The first kappa shape index (κ1) is 17.0. The van der Waals surface area contributed by atoms with Crippen molar-refractivity contribution in [3.05, 3.63) is 84.4 Å². The van der Waals surface area contributed by atoms with Crippen LogP contribution in [0.4, 0.5) is 10.5 Å². The van der Waals surface area contributed by atoms with Gasteiger partial charge in [0.1, 0.15) is 11.5 Å². The third-order valence-corrected chi connectivity index (χ3v) is 3.41. The van der Waals surface area contributed by atoms with Crippen molar-refractivity contribution in [2.24, 2.45) is 5.10 Å². The van der Waals surface area contributed by atoms with Gasteiger partial charge in [0.15, 0.2) is 5.75 Å². The maximum absolute atomic E-state index is 12.0. The number of hydrogen-bond acceptors (Lipinski definition) is 4. The Morgan fingerprint density at radius 2 is 1.62 bits per heavy atom. The molecule has 0 radical (unpaired) electrons. The number of carbonyl (C=O) groups is 1. The second-order valence-corrected chi connectivity index (χ2v) is 5.29. The van der Waals surface area contributed by atoms with Gasteiger partial charge in [-0.1, -0.05) is 42.5 Å². The van der Waals surface area contributed by atoms with Crippen molar-refractivity contribution in [2.45, 2.75) is 0 Å². The molecule has 26 heavy (non-hydrogen) atoms. The number of nitrogens with zero attached hydrogens (tertiary/aromatic N) is 1. The summed E-state index contributed by atoms with van der Waals surface area (Å²) in [5, 5.41) is 16.2. The minimum Gasteiger partial charge on any atom is -0.507 e. The Hall–Kier alpha value is -3.80. The van der Waals surface area contributed by atoms with E-state index in [9.17, 15) is 9.90 Å². The van der Waals surface area contributed by atoms with Gasteiger partial charge < -0.3 is 15.2 Å². The predicted molar refractivity (Wildman–Crippen MR) is 101 cm³/mol. The monoisotopic (exact) mass is 347 g/mol. The molecule has 3 N–H and O–H groups in total. The first-order valence-corrected chi connectivity index (χ1v) is 7.92. The Morgan fingerprint density at radius 1 is 0.923 bits per heavy atom. The molecule has 0 aromatic heterocycles. The van der Waals surface area contributed by atoms with Crippen LogP contribution in [0.25, 0.3) is 0 Å². The van der Waals surface area contributed by atoms with E-state index < -0.39 is 6.03 Å². The molecule has 0 aliphatic carbocycles. The summed E-state index contributed by atoms with van der Waals surface area (Å²) in [5.74, 6) is 1.26. The number of amides is 2. The standard InChI is InChI=1S/C20H17N3O3/c24-18-12-6-4-8-15(18)14-21-23-20(25)22-17-11-5-7-13-19(17)26-16-9-2-1-3-10-16/h1-14,24H,(H2,22,23,25)/b21-14+. The predicted octanol–water partition coefficient (Wildman–Crippen LogP) is 4.34. The molecule has 3 aromatic carbocycles. The van der Waals surface area contributed by atoms with Crippen molar-refractivity contribution in [3.8, 4) is 17.2 Å². The van der Waals surface area contributed by atoms with Gasteiger partial charge in [-0.25, -0.2) is 10.2 Å². The summed E-state index contributed by atoms with van der Waals surface area (Å²) in [5.41, 5.74) is 3.36. The van der Waals surface area contributed by atoms with E-state index in [-0.39, 0.29) is 5.75 Å². The van der Waals surface area contributed by atoms with E-state index in [1.807, 2.05) is 36.4 Å². The number of phenolic OH excluding ortho intramolecular Hbond substituents is 1. The van der Waals surface area contributed by atoms with E-state index in [0.717, 1.165) is 0 Å². The van der Waals surface area contributed by atoms with Crippen molar-refractivity contribution in [3.63, 3.8) is 0 Å². The molecule has 0 saturated carbocycles. The number of aromatic hydroxyl groups is 1. The fraction of sp³-hybridized carbons (Fsp3) is 0. The molecular weight excluding hydrogens is 330 g/mol. The van der Waals surface area contributed by atoms with Gasteiger partial charge in [-0.2, -0.15) is 5.10 Å². The van der Waals surface area contributed by atoms with Gasteiger partial charge in [0.2, 0.25) is 0 Å². The summed E-state index contributed by atoms with van der Waals surface area (Å²) in [4.78, 5) is 12.0. The third kappa shape index (κ3) is 4.61. The maximum atomic E-state index is 12.0. The van der Waals surface area contributed by atoms with Crippen LogP contribution in [0, 0.1) is 0 Å². The zero-order valence-electron chi connectivity index (χ0n) is 13.8. The number of hydrogen-bond donors (Lipinski definition) is 3. The van der Waals surface area contributed by atoms with Gasteiger partial charge in [0, 0.05) is 5.56 Å². The van der Waals surface area contributed by atoms with E-state index in [0.29, 0.717) is 22.7 Å². The molecule has 0 saturated heterocycles. The van der Waals surface area contributed by atoms with E-state index in [1.54, 1.807) is 42.5 Å². The largest absolute Gasteiger partial charge is 0.507 e. The summed E-state index contributed by atoms with van der Waals surface area (Å²) >= 11 is 0. The minimum atomic E-state index is -0.527. The number of urea groups is 1. The molecule has 3 rings (SSSR count). The quantitative estimate of drug-likeness (QED) is 0.474. The average Bonchev–Trinajstić information content (AvgIpc) is 2.66. The molecular formula is C20H17N3O3. The lowest BCUT2D eigenvalue weighted by Gasteiger charge is -2.11. The molecule has 130 valence electrons. The number of rotatable bonds is 5. The number of anilines is 1. The average molecular weight is 347 g/mol. The van der Waals surface area contributed by atoms with Crippen LogP contribution < -0.4 is 15.5 Å². The molecule has 0 atom stereocenters. The summed E-state index contributed by atoms with van der Waals surface area (Å²) < 4.78 is 5.79. The van der Waals surface area contributed by atoms with Crippen LogP contribution in [0.15, 0.2) is 84.0 Å². The van der Waals surface area contributed by atoms with Crippen LogP contribution in [0.3, 0.4) is 0 Å². The highest BCUT2D eigenvalue weighted by atomic mass is 16.5. The highest BCUT2D eigenvalue weighted by molar-refractivity contribution is 5.92. The van der Waals surface area contributed by atoms with Crippen LogP contribution in [0.5, 0.6) is 17.2 Å². The van der Waals surface area contributed by atoms with Gasteiger partial charge in [-0.3, -0.25) is 0 Å². The van der Waals surface area contributed by atoms with Crippen LogP contribution in [-0.2, 0) is 0 Å². The number of hydrazone groups is 1. The SMILES string of the molecule is O=C(N/N=C/c1ccccc1O)Nc1ccccc1Oc1ccccc1.